The highest BCUT2D eigenvalue weighted by atomic mass is 32.1. The van der Waals surface area contributed by atoms with Crippen molar-refractivity contribution < 1.29 is 19.0 Å². The minimum absolute atomic E-state index is 0.225. The summed E-state index contributed by atoms with van der Waals surface area (Å²) in [4.78, 5) is 32.0. The van der Waals surface area contributed by atoms with E-state index in [0.717, 1.165) is 10.4 Å². The third-order valence-corrected chi connectivity index (χ3v) is 6.99. The third kappa shape index (κ3) is 4.29. The van der Waals surface area contributed by atoms with Crippen LogP contribution in [0.15, 0.2) is 69.4 Å². The SMILES string of the molecule is C=CCOc1ccc(C=c2sc3n(c2=O)C(c2cccs2)C(C(=O)OC)=C(C)N=3)cc1OC. The van der Waals surface area contributed by atoms with Crippen LogP contribution >= 0.6 is 22.7 Å². The smallest absolute Gasteiger partial charge is 0.338 e. The van der Waals surface area contributed by atoms with Crippen molar-refractivity contribution in [3.05, 3.63) is 89.8 Å². The molecule has 7 nitrogen and oxygen atoms in total. The highest BCUT2D eigenvalue weighted by molar-refractivity contribution is 7.10. The molecule has 3 heterocycles. The van der Waals surface area contributed by atoms with Crippen molar-refractivity contribution in [1.82, 2.24) is 4.57 Å². The Morgan fingerprint density at radius 2 is 2.09 bits per heavy atom. The Morgan fingerprint density at radius 3 is 2.76 bits per heavy atom. The lowest BCUT2D eigenvalue weighted by Crippen LogP contribution is -2.39. The minimum Gasteiger partial charge on any atom is -0.493 e. The molecule has 0 amide bonds. The number of fused-ring (bicyclic) bond motifs is 1. The fourth-order valence-corrected chi connectivity index (χ4v) is 5.47. The minimum atomic E-state index is -0.583. The van der Waals surface area contributed by atoms with Crippen molar-refractivity contribution in [1.29, 1.82) is 0 Å². The molecule has 0 bridgehead atoms. The lowest BCUT2D eigenvalue weighted by molar-refractivity contribution is -0.136. The van der Waals surface area contributed by atoms with Gasteiger partial charge in [0.25, 0.3) is 5.56 Å². The normalized spacial score (nSPS) is 15.6. The van der Waals surface area contributed by atoms with Crippen LogP contribution in [0.4, 0.5) is 0 Å². The number of ether oxygens (including phenoxy) is 3. The number of benzene rings is 1. The Morgan fingerprint density at radius 1 is 1.27 bits per heavy atom. The number of allylic oxidation sites excluding steroid dienone is 1. The summed E-state index contributed by atoms with van der Waals surface area (Å²) in [6.45, 7) is 5.77. The van der Waals surface area contributed by atoms with Crippen LogP contribution in [0.1, 0.15) is 23.4 Å². The Labute approximate surface area is 198 Å². The van der Waals surface area contributed by atoms with Gasteiger partial charge in [0, 0.05) is 4.88 Å². The van der Waals surface area contributed by atoms with E-state index in [1.54, 1.807) is 42.9 Å². The number of esters is 1. The zero-order valence-electron chi connectivity index (χ0n) is 18.4. The van der Waals surface area contributed by atoms with Gasteiger partial charge in [-0.25, -0.2) is 9.79 Å². The molecule has 4 rings (SSSR count). The van der Waals surface area contributed by atoms with Crippen LogP contribution in [-0.4, -0.2) is 31.4 Å². The maximum absolute atomic E-state index is 13.5. The molecule has 9 heteroatoms. The van der Waals surface area contributed by atoms with E-state index in [1.165, 1.54) is 29.8 Å². The molecular formula is C24H22N2O5S2. The van der Waals surface area contributed by atoms with E-state index >= 15 is 0 Å². The summed E-state index contributed by atoms with van der Waals surface area (Å²) in [5.74, 6) is 0.648. The Balaban J connectivity index is 1.86. The monoisotopic (exact) mass is 482 g/mol. The summed E-state index contributed by atoms with van der Waals surface area (Å²) in [5, 5.41) is 1.91. The topological polar surface area (TPSA) is 79.1 Å². The second-order valence-electron chi connectivity index (χ2n) is 7.10. The van der Waals surface area contributed by atoms with Crippen molar-refractivity contribution in [3.63, 3.8) is 0 Å². The van der Waals surface area contributed by atoms with Gasteiger partial charge >= 0.3 is 5.97 Å². The summed E-state index contributed by atoms with van der Waals surface area (Å²) in [5.41, 5.74) is 1.46. The molecule has 1 aliphatic heterocycles. The Kier molecular flexibility index (Phi) is 6.62. The zero-order valence-corrected chi connectivity index (χ0v) is 20.0. The predicted octanol–water partition coefficient (Wildman–Crippen LogP) is 3.04. The number of nitrogens with zero attached hydrogens (tertiary/aromatic N) is 2. The number of thiophene rings is 1. The van der Waals surface area contributed by atoms with Crippen LogP contribution in [0.5, 0.6) is 11.5 Å². The Hall–Kier alpha value is -3.43. The van der Waals surface area contributed by atoms with Crippen LogP contribution in [-0.2, 0) is 9.53 Å². The highest BCUT2D eigenvalue weighted by Crippen LogP contribution is 2.33. The van der Waals surface area contributed by atoms with Crippen molar-refractivity contribution >= 4 is 34.7 Å². The van der Waals surface area contributed by atoms with Gasteiger partial charge in [-0.05, 0) is 42.1 Å². The zero-order chi connectivity index (χ0) is 23.5. The van der Waals surface area contributed by atoms with Crippen LogP contribution in [0.2, 0.25) is 0 Å². The maximum atomic E-state index is 13.5. The summed E-state index contributed by atoms with van der Waals surface area (Å²) in [6.07, 6.45) is 3.44. The molecule has 0 fully saturated rings. The maximum Gasteiger partial charge on any atom is 0.338 e. The molecule has 33 heavy (non-hydrogen) atoms. The molecule has 1 aromatic carbocycles. The number of aromatic nitrogens is 1. The largest absolute Gasteiger partial charge is 0.493 e. The van der Waals surface area contributed by atoms with E-state index in [9.17, 15) is 9.59 Å². The van der Waals surface area contributed by atoms with Gasteiger partial charge in [0.2, 0.25) is 0 Å². The van der Waals surface area contributed by atoms with Gasteiger partial charge in [-0.2, -0.15) is 0 Å². The third-order valence-electron chi connectivity index (χ3n) is 5.08. The number of carbonyl (C=O) groups is 1. The number of thiazole rings is 1. The number of rotatable bonds is 7. The van der Waals surface area contributed by atoms with Gasteiger partial charge in [0.15, 0.2) is 16.3 Å². The van der Waals surface area contributed by atoms with Gasteiger partial charge < -0.3 is 14.2 Å². The van der Waals surface area contributed by atoms with E-state index in [4.69, 9.17) is 14.2 Å². The molecule has 170 valence electrons. The Bertz CT molecular complexity index is 1410. The molecular weight excluding hydrogens is 460 g/mol. The molecule has 2 aromatic heterocycles. The van der Waals surface area contributed by atoms with E-state index in [0.29, 0.717) is 38.7 Å². The summed E-state index contributed by atoms with van der Waals surface area (Å²) in [7, 11) is 2.89. The first kappa shape index (κ1) is 22.8. The molecule has 0 saturated carbocycles. The van der Waals surface area contributed by atoms with Gasteiger partial charge in [-0.1, -0.05) is 36.1 Å². The molecule has 0 aliphatic carbocycles. The first-order chi connectivity index (χ1) is 16.0. The van der Waals surface area contributed by atoms with E-state index < -0.39 is 12.0 Å². The van der Waals surface area contributed by atoms with Crippen molar-refractivity contribution in [2.45, 2.75) is 13.0 Å². The van der Waals surface area contributed by atoms with Crippen LogP contribution in [0.3, 0.4) is 0 Å². The average molecular weight is 483 g/mol. The van der Waals surface area contributed by atoms with Crippen molar-refractivity contribution in [2.75, 3.05) is 20.8 Å². The van der Waals surface area contributed by atoms with Gasteiger partial charge in [-0.3, -0.25) is 9.36 Å². The van der Waals surface area contributed by atoms with E-state index in [-0.39, 0.29) is 5.56 Å². The molecule has 3 aromatic rings. The molecule has 1 unspecified atom stereocenters. The van der Waals surface area contributed by atoms with Gasteiger partial charge in [0.1, 0.15) is 12.6 Å². The lowest BCUT2D eigenvalue weighted by Gasteiger charge is -2.22. The van der Waals surface area contributed by atoms with Crippen molar-refractivity contribution in [3.8, 4) is 11.5 Å². The summed E-state index contributed by atoms with van der Waals surface area (Å²) >= 11 is 2.75. The second-order valence-corrected chi connectivity index (χ2v) is 9.09. The molecule has 0 spiro atoms. The predicted molar refractivity (Wildman–Crippen MR) is 129 cm³/mol. The van der Waals surface area contributed by atoms with Crippen molar-refractivity contribution in [2.24, 2.45) is 4.99 Å². The molecule has 1 atom stereocenters. The first-order valence-electron chi connectivity index (χ1n) is 10.0. The van der Waals surface area contributed by atoms with Gasteiger partial charge in [-0.15, -0.1) is 11.3 Å². The first-order valence-corrected chi connectivity index (χ1v) is 11.7. The van der Waals surface area contributed by atoms with Crippen LogP contribution in [0.25, 0.3) is 6.08 Å². The lowest BCUT2D eigenvalue weighted by atomic mass is 10.0. The van der Waals surface area contributed by atoms with Crippen LogP contribution < -0.4 is 24.4 Å². The number of hydrogen-bond acceptors (Lipinski definition) is 8. The van der Waals surface area contributed by atoms with E-state index in [1.807, 2.05) is 23.6 Å². The van der Waals surface area contributed by atoms with E-state index in [2.05, 4.69) is 11.6 Å². The molecule has 1 aliphatic rings. The molecule has 0 saturated heterocycles. The number of carbonyl (C=O) groups excluding carboxylic acids is 1. The highest BCUT2D eigenvalue weighted by Gasteiger charge is 2.33. The fourth-order valence-electron chi connectivity index (χ4n) is 3.60. The average Bonchev–Trinajstić information content (AvgIpc) is 3.45. The molecule has 0 radical (unpaired) electrons. The number of methoxy groups -OCH3 is 2. The van der Waals surface area contributed by atoms with Gasteiger partial charge in [0.05, 0.1) is 30.0 Å². The summed E-state index contributed by atoms with van der Waals surface area (Å²) < 4.78 is 18.1. The van der Waals surface area contributed by atoms with Crippen LogP contribution in [0, 0.1) is 0 Å². The number of hydrogen-bond donors (Lipinski definition) is 0. The standard InChI is InChI=1S/C24H22N2O5S2/c1-5-10-31-16-9-8-15(12-17(16)29-3)13-19-22(27)26-21(18-7-6-11-32-18)20(23(28)30-4)14(2)25-24(26)33-19/h5-9,11-13,21H,1,10H2,2-4H3. The fraction of sp³-hybridized carbons (Fsp3) is 0.208. The quantitative estimate of drug-likeness (QED) is 0.382. The summed E-state index contributed by atoms with van der Waals surface area (Å²) in [6, 6.07) is 8.65. The second kappa shape index (κ2) is 9.60. The molecule has 0 N–H and O–H groups in total.